The Morgan fingerprint density at radius 1 is 1.29 bits per heavy atom. The minimum atomic E-state index is -0.306. The van der Waals surface area contributed by atoms with Crippen molar-refractivity contribution in [2.24, 2.45) is 16.6 Å². The molecular formula is C16H19BrN4O2S. The van der Waals surface area contributed by atoms with Crippen LogP contribution in [0.3, 0.4) is 0 Å². The largest absolute Gasteiger partial charge is 0.387 e. The Labute approximate surface area is 154 Å². The lowest BCUT2D eigenvalue weighted by Crippen LogP contribution is -2.46. The number of amides is 2. The molecule has 1 aliphatic rings. The molecule has 1 aliphatic heterocycles. The first kappa shape index (κ1) is 18.5. The molecule has 2 amide bonds. The molecule has 1 aromatic rings. The number of urea groups is 1. The quantitative estimate of drug-likeness (QED) is 0.339. The predicted octanol–water partition coefficient (Wildman–Crippen LogP) is 2.72. The maximum atomic E-state index is 12.5. The number of likely N-dealkylation sites (tertiary alicyclic amines) is 1. The van der Waals surface area contributed by atoms with Crippen LogP contribution in [0.5, 0.6) is 0 Å². The molecule has 8 heteroatoms. The fraction of sp³-hybridized carbons (Fsp3) is 0.375. The molecule has 0 bridgehead atoms. The number of thiocarbonyl (C=S) groups is 1. The van der Waals surface area contributed by atoms with E-state index in [-0.39, 0.29) is 22.8 Å². The molecule has 0 aliphatic carbocycles. The molecule has 128 valence electrons. The van der Waals surface area contributed by atoms with Crippen molar-refractivity contribution in [3.8, 4) is 0 Å². The van der Waals surface area contributed by atoms with Crippen molar-refractivity contribution in [1.29, 1.82) is 0 Å². The zero-order valence-electron chi connectivity index (χ0n) is 13.3. The SMILES string of the molecule is C/C(N)=N/C(=S)NC(=O)N1CCC(C(=O)c2ccc(Br)cc2)CC1. The Hall–Kier alpha value is -1.80. The molecule has 24 heavy (non-hydrogen) atoms. The van der Waals surface area contributed by atoms with Crippen molar-refractivity contribution in [3.63, 3.8) is 0 Å². The van der Waals surface area contributed by atoms with Gasteiger partial charge in [-0.25, -0.2) is 9.79 Å². The summed E-state index contributed by atoms with van der Waals surface area (Å²) in [6.45, 7) is 2.61. The second-order valence-corrected chi connectivity index (χ2v) is 6.92. The minimum Gasteiger partial charge on any atom is -0.387 e. The number of Topliss-reactive ketones (excluding diaryl/α,β-unsaturated/α-hetero) is 1. The number of halogens is 1. The maximum absolute atomic E-state index is 12.5. The van der Waals surface area contributed by atoms with Gasteiger partial charge in [0.1, 0.15) is 0 Å². The summed E-state index contributed by atoms with van der Waals surface area (Å²) in [6.07, 6.45) is 1.27. The summed E-state index contributed by atoms with van der Waals surface area (Å²) in [7, 11) is 0. The van der Waals surface area contributed by atoms with Crippen LogP contribution in [0.2, 0.25) is 0 Å². The highest BCUT2D eigenvalue weighted by atomic mass is 79.9. The highest BCUT2D eigenvalue weighted by Gasteiger charge is 2.28. The van der Waals surface area contributed by atoms with Gasteiger partial charge in [-0.15, -0.1) is 0 Å². The minimum absolute atomic E-state index is 0.0491. The Bertz CT molecular complexity index is 663. The van der Waals surface area contributed by atoms with Gasteiger partial charge in [-0.1, -0.05) is 28.1 Å². The Morgan fingerprint density at radius 2 is 1.88 bits per heavy atom. The number of benzene rings is 1. The van der Waals surface area contributed by atoms with E-state index in [9.17, 15) is 9.59 Å². The highest BCUT2D eigenvalue weighted by Crippen LogP contribution is 2.22. The number of rotatable bonds is 2. The zero-order valence-corrected chi connectivity index (χ0v) is 15.7. The van der Waals surface area contributed by atoms with E-state index in [0.29, 0.717) is 37.3 Å². The fourth-order valence-electron chi connectivity index (χ4n) is 2.55. The predicted molar refractivity (Wildman–Crippen MR) is 101 cm³/mol. The van der Waals surface area contributed by atoms with Gasteiger partial charge in [0.25, 0.3) is 0 Å². The van der Waals surface area contributed by atoms with E-state index in [2.05, 4.69) is 26.2 Å². The van der Waals surface area contributed by atoms with Crippen LogP contribution in [-0.2, 0) is 0 Å². The summed E-state index contributed by atoms with van der Waals surface area (Å²) in [5, 5.41) is 2.57. The Balaban J connectivity index is 1.87. The molecule has 2 rings (SSSR count). The van der Waals surface area contributed by atoms with Crippen LogP contribution in [-0.4, -0.2) is 40.8 Å². The third kappa shape index (κ3) is 5.10. The van der Waals surface area contributed by atoms with Gasteiger partial charge < -0.3 is 10.6 Å². The highest BCUT2D eigenvalue weighted by molar-refractivity contribution is 9.10. The van der Waals surface area contributed by atoms with Crippen molar-refractivity contribution in [1.82, 2.24) is 10.2 Å². The van der Waals surface area contributed by atoms with E-state index < -0.39 is 0 Å². The molecule has 0 aromatic heterocycles. The van der Waals surface area contributed by atoms with Crippen LogP contribution in [0.4, 0.5) is 4.79 Å². The molecule has 1 heterocycles. The number of nitrogens with zero attached hydrogens (tertiary/aromatic N) is 2. The molecule has 0 unspecified atom stereocenters. The third-order valence-corrected chi connectivity index (χ3v) is 4.50. The second-order valence-electron chi connectivity index (χ2n) is 5.62. The zero-order chi connectivity index (χ0) is 17.7. The summed E-state index contributed by atoms with van der Waals surface area (Å²) in [4.78, 5) is 30.1. The van der Waals surface area contributed by atoms with Crippen LogP contribution in [0.1, 0.15) is 30.1 Å². The summed E-state index contributed by atoms with van der Waals surface area (Å²) in [5.41, 5.74) is 6.12. The van der Waals surface area contributed by atoms with Gasteiger partial charge in [-0.2, -0.15) is 0 Å². The van der Waals surface area contributed by atoms with Crippen LogP contribution >= 0.6 is 28.1 Å². The number of nitrogens with two attached hydrogens (primary N) is 1. The second kappa shape index (κ2) is 8.34. The van der Waals surface area contributed by atoms with E-state index in [4.69, 9.17) is 18.0 Å². The van der Waals surface area contributed by atoms with Gasteiger partial charge in [0.05, 0.1) is 5.84 Å². The standard InChI is InChI=1S/C16H19BrN4O2S/c1-10(18)19-15(24)20-16(23)21-8-6-12(7-9-21)14(22)11-2-4-13(17)5-3-11/h2-5,12H,6-9H2,1H3,(H3,18,19,20,23,24). The molecule has 3 N–H and O–H groups in total. The van der Waals surface area contributed by atoms with E-state index in [1.165, 1.54) is 0 Å². The average molecular weight is 411 g/mol. The normalized spacial score (nSPS) is 15.9. The molecule has 1 saturated heterocycles. The number of carbonyl (C=O) groups excluding carboxylic acids is 2. The van der Waals surface area contributed by atoms with E-state index in [0.717, 1.165) is 4.47 Å². The number of hydrogen-bond acceptors (Lipinski definition) is 3. The van der Waals surface area contributed by atoms with Gasteiger partial charge in [0, 0.05) is 29.0 Å². The van der Waals surface area contributed by atoms with E-state index >= 15 is 0 Å². The number of amidine groups is 1. The Morgan fingerprint density at radius 3 is 2.42 bits per heavy atom. The molecule has 1 fully saturated rings. The lowest BCUT2D eigenvalue weighted by molar-refractivity contribution is 0.0856. The Kier molecular flexibility index (Phi) is 6.44. The van der Waals surface area contributed by atoms with Crippen molar-refractivity contribution < 1.29 is 9.59 Å². The lowest BCUT2D eigenvalue weighted by Gasteiger charge is -2.31. The van der Waals surface area contributed by atoms with Crippen molar-refractivity contribution >= 4 is 50.9 Å². The summed E-state index contributed by atoms with van der Waals surface area (Å²) in [6, 6.07) is 7.04. The smallest absolute Gasteiger partial charge is 0.323 e. The fourth-order valence-corrected chi connectivity index (χ4v) is 3.05. The number of carbonyl (C=O) groups is 2. The van der Waals surface area contributed by atoms with Crippen LogP contribution < -0.4 is 11.1 Å². The van der Waals surface area contributed by atoms with Crippen molar-refractivity contribution in [3.05, 3.63) is 34.3 Å². The van der Waals surface area contributed by atoms with Gasteiger partial charge in [0.15, 0.2) is 5.78 Å². The van der Waals surface area contributed by atoms with Crippen LogP contribution in [0.25, 0.3) is 0 Å². The molecule has 0 radical (unpaired) electrons. The molecular weight excluding hydrogens is 392 g/mol. The molecule has 0 spiro atoms. The molecule has 0 saturated carbocycles. The number of ketones is 1. The topological polar surface area (TPSA) is 87.8 Å². The van der Waals surface area contributed by atoms with Crippen LogP contribution in [0.15, 0.2) is 33.7 Å². The lowest BCUT2D eigenvalue weighted by atomic mass is 9.89. The van der Waals surface area contributed by atoms with E-state index in [1.54, 1.807) is 11.8 Å². The van der Waals surface area contributed by atoms with Crippen molar-refractivity contribution in [2.75, 3.05) is 13.1 Å². The van der Waals surface area contributed by atoms with Gasteiger partial charge in [-0.3, -0.25) is 10.1 Å². The number of nitrogens with one attached hydrogen (secondary N) is 1. The van der Waals surface area contributed by atoms with Gasteiger partial charge in [-0.05, 0) is 44.1 Å². The summed E-state index contributed by atoms with van der Waals surface area (Å²) < 4.78 is 0.942. The number of hydrogen-bond donors (Lipinski definition) is 2. The van der Waals surface area contributed by atoms with E-state index in [1.807, 2.05) is 24.3 Å². The summed E-state index contributed by atoms with van der Waals surface area (Å²) >= 11 is 8.29. The average Bonchev–Trinajstić information content (AvgIpc) is 2.54. The number of piperidine rings is 1. The molecule has 0 atom stereocenters. The number of aliphatic imine (C=N–C) groups is 1. The molecule has 6 nitrogen and oxygen atoms in total. The third-order valence-electron chi connectivity index (χ3n) is 3.77. The molecule has 1 aromatic carbocycles. The first-order valence-electron chi connectivity index (χ1n) is 7.57. The first-order valence-corrected chi connectivity index (χ1v) is 8.77. The monoisotopic (exact) mass is 410 g/mol. The van der Waals surface area contributed by atoms with Gasteiger partial charge in [0.2, 0.25) is 5.11 Å². The van der Waals surface area contributed by atoms with Gasteiger partial charge >= 0.3 is 6.03 Å². The first-order chi connectivity index (χ1) is 11.4. The van der Waals surface area contributed by atoms with Crippen molar-refractivity contribution in [2.45, 2.75) is 19.8 Å². The summed E-state index contributed by atoms with van der Waals surface area (Å²) in [5.74, 6) is 0.354. The maximum Gasteiger partial charge on any atom is 0.323 e. The van der Waals surface area contributed by atoms with Crippen LogP contribution in [0, 0.1) is 5.92 Å².